The minimum Gasteiger partial charge on any atom is -0.236 e. The molecule has 0 aromatic carbocycles. The summed E-state index contributed by atoms with van der Waals surface area (Å²) >= 11 is -0.0923. The van der Waals surface area contributed by atoms with Crippen LogP contribution in [0.25, 0.3) is 6.08 Å². The van der Waals surface area contributed by atoms with Crippen molar-refractivity contribution < 1.29 is 0 Å². The molecule has 0 unspecified atom stereocenters. The van der Waals surface area contributed by atoms with E-state index in [0.717, 1.165) is 11.4 Å². The van der Waals surface area contributed by atoms with Gasteiger partial charge in [0.2, 0.25) is 0 Å². The highest BCUT2D eigenvalue weighted by Gasteiger charge is 1.98. The second-order valence-corrected chi connectivity index (χ2v) is 3.65. The van der Waals surface area contributed by atoms with E-state index < -0.39 is 0 Å². The molecule has 0 N–H and O–H groups in total. The van der Waals surface area contributed by atoms with Crippen LogP contribution in [0.4, 0.5) is 5.82 Å². The predicted molar refractivity (Wildman–Crippen MR) is 49.4 cm³/mol. The van der Waals surface area contributed by atoms with Crippen LogP contribution in [0.5, 0.6) is 0 Å². The largest absolute Gasteiger partial charge is 0.236 e. The summed E-state index contributed by atoms with van der Waals surface area (Å²) in [5.74, 6) is 0.915. The SMILES string of the molecule is C1=Cc2cccnc2N=I1. The zero-order valence-corrected chi connectivity index (χ0v) is 7.32. The zero-order chi connectivity index (χ0) is 6.81. The molecule has 0 saturated heterocycles. The van der Waals surface area contributed by atoms with Gasteiger partial charge in [0.05, 0.1) is 0 Å². The molecule has 0 bridgehead atoms. The molecule has 50 valence electrons. The van der Waals surface area contributed by atoms with Gasteiger partial charge in [-0.25, -0.2) is 8.13 Å². The molecule has 2 heterocycles. The summed E-state index contributed by atoms with van der Waals surface area (Å²) < 4.78 is 6.45. The predicted octanol–water partition coefficient (Wildman–Crippen LogP) is 2.85. The third kappa shape index (κ3) is 1.01. The van der Waals surface area contributed by atoms with Crippen molar-refractivity contribution in [1.82, 2.24) is 4.98 Å². The van der Waals surface area contributed by atoms with E-state index >= 15 is 0 Å². The number of rotatable bonds is 0. The quantitative estimate of drug-likeness (QED) is 0.644. The standard InChI is InChI=1S/C7H5IN2/c1-2-6-3-4-8-10-7(6)9-5-1/h1-5H. The Morgan fingerprint density at radius 2 is 2.40 bits per heavy atom. The Morgan fingerprint density at radius 3 is 3.30 bits per heavy atom. The Labute approximate surface area is 69.1 Å². The van der Waals surface area contributed by atoms with Crippen molar-refractivity contribution in [3.63, 3.8) is 0 Å². The van der Waals surface area contributed by atoms with Crippen molar-refractivity contribution in [2.75, 3.05) is 0 Å². The van der Waals surface area contributed by atoms with Crippen molar-refractivity contribution in [2.24, 2.45) is 3.15 Å². The lowest BCUT2D eigenvalue weighted by atomic mass is 10.2. The lowest BCUT2D eigenvalue weighted by Crippen LogP contribution is -1.77. The molecule has 1 aromatic heterocycles. The van der Waals surface area contributed by atoms with Gasteiger partial charge in [-0.1, -0.05) is 0 Å². The molecule has 1 aliphatic rings. The van der Waals surface area contributed by atoms with E-state index in [1.807, 2.05) is 12.1 Å². The van der Waals surface area contributed by atoms with Crippen molar-refractivity contribution in [1.29, 1.82) is 0 Å². The minimum atomic E-state index is -0.0923. The molecule has 2 nitrogen and oxygen atoms in total. The van der Waals surface area contributed by atoms with Crippen LogP contribution in [0.1, 0.15) is 5.56 Å². The molecule has 3 heteroatoms. The summed E-state index contributed by atoms with van der Waals surface area (Å²) in [6.07, 6.45) is 3.88. The van der Waals surface area contributed by atoms with Crippen LogP contribution in [0.2, 0.25) is 0 Å². The first-order valence-corrected chi connectivity index (χ1v) is 5.13. The molecule has 10 heavy (non-hydrogen) atoms. The summed E-state index contributed by atoms with van der Waals surface area (Å²) in [5, 5.41) is 0. The van der Waals surface area contributed by atoms with Gasteiger partial charge >= 0.3 is 0 Å². The number of halogens is 1. The monoisotopic (exact) mass is 244 g/mol. The topological polar surface area (TPSA) is 25.2 Å². The molecule has 1 aromatic rings. The van der Waals surface area contributed by atoms with Gasteiger partial charge in [-0.05, 0) is 22.3 Å². The normalized spacial score (nSPS) is 14.0. The van der Waals surface area contributed by atoms with E-state index in [1.54, 1.807) is 6.20 Å². The number of aromatic nitrogens is 1. The maximum absolute atomic E-state index is 4.31. The fraction of sp³-hybridized carbons (Fsp3) is 0. The van der Waals surface area contributed by atoms with Gasteiger partial charge in [0.15, 0.2) is 5.82 Å². The lowest BCUT2D eigenvalue weighted by Gasteiger charge is -1.99. The van der Waals surface area contributed by atoms with Gasteiger partial charge in [-0.2, -0.15) is 0 Å². The van der Waals surface area contributed by atoms with Crippen LogP contribution in [0.3, 0.4) is 0 Å². The number of nitrogens with zero attached hydrogens (tertiary/aromatic N) is 2. The number of fused-ring (bicyclic) bond motifs is 1. The highest BCUT2D eigenvalue weighted by atomic mass is 127. The zero-order valence-electron chi connectivity index (χ0n) is 5.16. The summed E-state index contributed by atoms with van der Waals surface area (Å²) in [5.41, 5.74) is 1.15. The van der Waals surface area contributed by atoms with E-state index in [-0.39, 0.29) is 21.0 Å². The second-order valence-electron chi connectivity index (χ2n) is 1.89. The third-order valence-electron chi connectivity index (χ3n) is 1.24. The van der Waals surface area contributed by atoms with E-state index in [0.29, 0.717) is 0 Å². The van der Waals surface area contributed by atoms with Crippen LogP contribution in [0, 0.1) is 0 Å². The van der Waals surface area contributed by atoms with Crippen LogP contribution in [0.15, 0.2) is 25.6 Å². The summed E-state index contributed by atoms with van der Waals surface area (Å²) in [7, 11) is 0. The smallest absolute Gasteiger partial charge is 0.164 e. The van der Waals surface area contributed by atoms with E-state index in [9.17, 15) is 0 Å². The molecule has 0 atom stereocenters. The van der Waals surface area contributed by atoms with E-state index in [1.165, 1.54) is 0 Å². The Morgan fingerprint density at radius 1 is 1.40 bits per heavy atom. The number of pyridine rings is 1. The molecule has 2 rings (SSSR count). The average molecular weight is 244 g/mol. The van der Waals surface area contributed by atoms with Gasteiger partial charge in [0, 0.05) is 32.8 Å². The fourth-order valence-corrected chi connectivity index (χ4v) is 2.16. The van der Waals surface area contributed by atoms with Gasteiger partial charge in [-0.3, -0.25) is 0 Å². The summed E-state index contributed by atoms with van der Waals surface area (Å²) in [4.78, 5) is 4.13. The Bertz CT molecular complexity index is 273. The lowest BCUT2D eigenvalue weighted by molar-refractivity contribution is 1.28. The molecule has 0 saturated carbocycles. The van der Waals surface area contributed by atoms with Gasteiger partial charge in [0.1, 0.15) is 0 Å². The molecular weight excluding hydrogens is 239 g/mol. The van der Waals surface area contributed by atoms with Crippen LogP contribution < -0.4 is 0 Å². The highest BCUT2D eigenvalue weighted by molar-refractivity contribution is 14.2. The number of hydrogen-bond acceptors (Lipinski definition) is 2. The van der Waals surface area contributed by atoms with Crippen LogP contribution in [-0.2, 0) is 0 Å². The van der Waals surface area contributed by atoms with Crippen LogP contribution >= 0.6 is 21.0 Å². The second kappa shape index (κ2) is 2.57. The van der Waals surface area contributed by atoms with Gasteiger partial charge in [0.25, 0.3) is 0 Å². The molecular formula is C7H5IN2. The first-order chi connectivity index (χ1) is 4.97. The Kier molecular flexibility index (Phi) is 1.58. The van der Waals surface area contributed by atoms with Crippen molar-refractivity contribution in [2.45, 2.75) is 0 Å². The van der Waals surface area contributed by atoms with Gasteiger partial charge < -0.3 is 0 Å². The Balaban J connectivity index is 2.65. The third-order valence-corrected chi connectivity index (χ3v) is 2.66. The molecule has 0 amide bonds. The van der Waals surface area contributed by atoms with Gasteiger partial charge in [-0.15, -0.1) is 0 Å². The molecule has 0 spiro atoms. The van der Waals surface area contributed by atoms with Crippen molar-refractivity contribution in [3.05, 3.63) is 28.0 Å². The molecule has 0 fully saturated rings. The maximum atomic E-state index is 4.31. The first kappa shape index (κ1) is 6.15. The van der Waals surface area contributed by atoms with E-state index in [4.69, 9.17) is 0 Å². The highest BCUT2D eigenvalue weighted by Crippen LogP contribution is 2.27. The molecule has 0 radical (unpaired) electrons. The average Bonchev–Trinajstić information content (AvgIpc) is 2.05. The van der Waals surface area contributed by atoms with Crippen LogP contribution in [-0.4, -0.2) is 4.98 Å². The molecule has 1 aliphatic heterocycles. The maximum Gasteiger partial charge on any atom is 0.164 e. The van der Waals surface area contributed by atoms with E-state index in [2.05, 4.69) is 18.3 Å². The van der Waals surface area contributed by atoms with Crippen molar-refractivity contribution >= 4 is 32.9 Å². The number of hydrogen-bond donors (Lipinski definition) is 0. The fourth-order valence-electron chi connectivity index (χ4n) is 0.781. The Hall–Kier alpha value is -0.580. The van der Waals surface area contributed by atoms with Crippen molar-refractivity contribution in [3.8, 4) is 0 Å². The first-order valence-electron chi connectivity index (χ1n) is 2.92. The summed E-state index contributed by atoms with van der Waals surface area (Å²) in [6, 6.07) is 3.97. The minimum absolute atomic E-state index is 0.0923. The molecule has 0 aliphatic carbocycles. The summed E-state index contributed by atoms with van der Waals surface area (Å²) in [6.45, 7) is 0.